The first-order valence-electron chi connectivity index (χ1n) is 12.1. The number of carbonyl (C=O) groups is 2. The quantitative estimate of drug-likeness (QED) is 0.235. The number of aromatic nitrogens is 1. The van der Waals surface area contributed by atoms with Crippen LogP contribution in [-0.4, -0.2) is 48.4 Å². The fourth-order valence-electron chi connectivity index (χ4n) is 3.81. The van der Waals surface area contributed by atoms with Crippen LogP contribution in [0.4, 0.5) is 23.7 Å². The summed E-state index contributed by atoms with van der Waals surface area (Å²) in [6.45, 7) is 6.86. The van der Waals surface area contributed by atoms with Gasteiger partial charge in [0, 0.05) is 24.3 Å². The van der Waals surface area contributed by atoms with E-state index >= 15 is 0 Å². The molecule has 0 bridgehead atoms. The topological polar surface area (TPSA) is 93.9 Å². The highest BCUT2D eigenvalue weighted by Crippen LogP contribution is 2.38. The molecular formula is C26H30F3N3O5. The lowest BCUT2D eigenvalue weighted by Gasteiger charge is -2.21. The smallest absolute Gasteiger partial charge is 0.437 e. The van der Waals surface area contributed by atoms with E-state index in [0.29, 0.717) is 54.9 Å². The van der Waals surface area contributed by atoms with E-state index in [9.17, 15) is 22.8 Å². The first-order valence-corrected chi connectivity index (χ1v) is 12.1. The minimum Gasteiger partial charge on any atom is -0.493 e. The first-order chi connectivity index (χ1) is 17.7. The molecule has 8 nitrogen and oxygen atoms in total. The Morgan fingerprint density at radius 1 is 1.08 bits per heavy atom. The van der Waals surface area contributed by atoms with Crippen LogP contribution in [0.15, 0.2) is 40.9 Å². The number of nitrogens with zero attached hydrogens (tertiary/aromatic N) is 2. The summed E-state index contributed by atoms with van der Waals surface area (Å²) in [4.78, 5) is 26.0. The fraction of sp³-hybridized carbons (Fsp3) is 0.423. The van der Waals surface area contributed by atoms with Crippen molar-refractivity contribution in [3.05, 3.63) is 53.2 Å². The van der Waals surface area contributed by atoms with E-state index in [1.807, 2.05) is 13.8 Å². The Hall–Kier alpha value is -3.76. The van der Waals surface area contributed by atoms with Crippen molar-refractivity contribution in [3.8, 4) is 5.75 Å². The third-order valence-corrected chi connectivity index (χ3v) is 5.62. The van der Waals surface area contributed by atoms with Gasteiger partial charge in [0.2, 0.25) is 0 Å². The van der Waals surface area contributed by atoms with Gasteiger partial charge in [-0.15, -0.1) is 0 Å². The third kappa shape index (κ3) is 6.93. The number of esters is 1. The number of benzene rings is 2. The van der Waals surface area contributed by atoms with E-state index in [2.05, 4.69) is 10.5 Å². The normalized spacial score (nSPS) is 11.4. The van der Waals surface area contributed by atoms with Crippen LogP contribution in [-0.2, 0) is 17.3 Å². The highest BCUT2D eigenvalue weighted by molar-refractivity contribution is 5.92. The van der Waals surface area contributed by atoms with Crippen LogP contribution < -0.4 is 10.1 Å². The van der Waals surface area contributed by atoms with Gasteiger partial charge in [-0.1, -0.05) is 18.5 Å². The number of hydrogen-bond acceptors (Lipinski definition) is 6. The summed E-state index contributed by atoms with van der Waals surface area (Å²) in [5.74, 6) is 0.00863. The fourth-order valence-corrected chi connectivity index (χ4v) is 3.81. The van der Waals surface area contributed by atoms with Crippen LogP contribution in [0.25, 0.3) is 11.0 Å². The maximum atomic E-state index is 13.2. The van der Waals surface area contributed by atoms with Gasteiger partial charge in [-0.25, -0.2) is 9.59 Å². The van der Waals surface area contributed by atoms with Crippen LogP contribution in [0.1, 0.15) is 55.2 Å². The molecule has 1 aromatic heterocycles. The maximum absolute atomic E-state index is 13.2. The van der Waals surface area contributed by atoms with Crippen molar-refractivity contribution in [2.45, 2.75) is 46.2 Å². The van der Waals surface area contributed by atoms with Crippen LogP contribution >= 0.6 is 0 Å². The molecule has 0 radical (unpaired) electrons. The number of aryl methyl sites for hydroxylation is 1. The van der Waals surface area contributed by atoms with E-state index in [1.54, 1.807) is 36.1 Å². The first kappa shape index (κ1) is 27.8. The molecule has 2 amide bonds. The molecule has 2 aromatic carbocycles. The van der Waals surface area contributed by atoms with E-state index in [0.717, 1.165) is 0 Å². The van der Waals surface area contributed by atoms with Gasteiger partial charge in [0.1, 0.15) is 5.75 Å². The number of rotatable bonds is 11. The zero-order chi connectivity index (χ0) is 27.0. The highest BCUT2D eigenvalue weighted by atomic mass is 19.4. The van der Waals surface area contributed by atoms with Crippen molar-refractivity contribution in [1.82, 2.24) is 10.1 Å². The number of nitrogens with one attached hydrogen (secondary N) is 1. The zero-order valence-corrected chi connectivity index (χ0v) is 21.0. The number of ether oxygens (including phenoxy) is 2. The van der Waals surface area contributed by atoms with Crippen molar-refractivity contribution in [1.29, 1.82) is 0 Å². The lowest BCUT2D eigenvalue weighted by Crippen LogP contribution is -2.36. The Bertz CT molecular complexity index is 1210. The monoisotopic (exact) mass is 521 g/mol. The molecule has 3 aromatic rings. The number of halogens is 3. The predicted molar refractivity (Wildman–Crippen MR) is 132 cm³/mol. The molecule has 0 fully saturated rings. The Balaban J connectivity index is 1.58. The summed E-state index contributed by atoms with van der Waals surface area (Å²) in [6, 6.07) is 8.91. The van der Waals surface area contributed by atoms with Crippen molar-refractivity contribution in [3.63, 3.8) is 0 Å². The van der Waals surface area contributed by atoms with Gasteiger partial charge < -0.3 is 24.2 Å². The van der Waals surface area contributed by atoms with Crippen LogP contribution in [0.5, 0.6) is 5.75 Å². The molecule has 3 rings (SSSR count). The van der Waals surface area contributed by atoms with Gasteiger partial charge in [-0.3, -0.25) is 0 Å². The maximum Gasteiger partial charge on any atom is 0.437 e. The van der Waals surface area contributed by atoms with Crippen molar-refractivity contribution >= 4 is 28.7 Å². The molecule has 200 valence electrons. The Labute approximate surface area is 212 Å². The molecular weight excluding hydrogens is 491 g/mol. The van der Waals surface area contributed by atoms with Gasteiger partial charge >= 0.3 is 18.2 Å². The minimum absolute atomic E-state index is 0.0789. The second kappa shape index (κ2) is 12.5. The number of urea groups is 1. The molecule has 0 atom stereocenters. The van der Waals surface area contributed by atoms with Gasteiger partial charge in [0.25, 0.3) is 0 Å². The van der Waals surface area contributed by atoms with E-state index < -0.39 is 17.8 Å². The van der Waals surface area contributed by atoms with Crippen molar-refractivity contribution < 1.29 is 36.8 Å². The van der Waals surface area contributed by atoms with E-state index in [4.69, 9.17) is 14.0 Å². The molecule has 1 heterocycles. The molecule has 0 aliphatic heterocycles. The van der Waals surface area contributed by atoms with Crippen LogP contribution in [0.2, 0.25) is 0 Å². The summed E-state index contributed by atoms with van der Waals surface area (Å²) in [6.07, 6.45) is -2.96. The lowest BCUT2D eigenvalue weighted by molar-refractivity contribution is -0.141. The summed E-state index contributed by atoms with van der Waals surface area (Å²) < 4.78 is 55.5. The number of amides is 2. The highest BCUT2D eigenvalue weighted by Gasteiger charge is 2.37. The summed E-state index contributed by atoms with van der Waals surface area (Å²) >= 11 is 0. The second-order valence-electron chi connectivity index (χ2n) is 8.21. The summed E-state index contributed by atoms with van der Waals surface area (Å²) in [5.41, 5.74) is 0.501. The number of fused-ring (bicyclic) bond motifs is 1. The second-order valence-corrected chi connectivity index (χ2v) is 8.21. The van der Waals surface area contributed by atoms with Gasteiger partial charge in [-0.05, 0) is 63.1 Å². The molecule has 0 aliphatic rings. The van der Waals surface area contributed by atoms with Gasteiger partial charge in [-0.2, -0.15) is 13.2 Å². The van der Waals surface area contributed by atoms with Gasteiger partial charge in [0.05, 0.1) is 24.2 Å². The summed E-state index contributed by atoms with van der Waals surface area (Å²) in [7, 11) is 0. The zero-order valence-electron chi connectivity index (χ0n) is 21.0. The Morgan fingerprint density at radius 2 is 1.81 bits per heavy atom. The average Bonchev–Trinajstić information content (AvgIpc) is 3.31. The molecule has 0 saturated carbocycles. The van der Waals surface area contributed by atoms with Crippen LogP contribution in [0.3, 0.4) is 0 Å². The van der Waals surface area contributed by atoms with Gasteiger partial charge in [0.15, 0.2) is 11.3 Å². The molecule has 1 N–H and O–H groups in total. The largest absolute Gasteiger partial charge is 0.493 e. The minimum atomic E-state index is -4.61. The number of hydrogen-bond donors (Lipinski definition) is 1. The number of alkyl halides is 3. The molecule has 0 unspecified atom stereocenters. The van der Waals surface area contributed by atoms with Crippen molar-refractivity contribution in [2.75, 3.05) is 31.6 Å². The number of carbonyl (C=O) groups excluding carboxylic acids is 2. The SMILES string of the molecule is CCCc1c(OCCCN(CC)C(=O)Nc2ccc(C(=O)OCC)cc2)ccc2c(C(F)(F)F)noc12. The Morgan fingerprint density at radius 3 is 2.43 bits per heavy atom. The van der Waals surface area contributed by atoms with E-state index in [-0.39, 0.29) is 30.2 Å². The average molecular weight is 522 g/mol. The third-order valence-electron chi connectivity index (χ3n) is 5.62. The van der Waals surface area contributed by atoms with Crippen molar-refractivity contribution in [2.24, 2.45) is 0 Å². The lowest BCUT2D eigenvalue weighted by atomic mass is 10.0. The standard InChI is InChI=1S/C26H30F3N3O5/c1-4-8-19-21(14-13-20-22(19)37-31-23(20)26(27,28)29)36-16-7-15-32(5-2)25(34)30-18-11-9-17(10-12-18)24(33)35-6-3/h9-14H,4-8,15-16H2,1-3H3,(H,30,34). The molecule has 0 aliphatic carbocycles. The molecule has 0 saturated heterocycles. The Kier molecular flexibility index (Phi) is 9.37. The van der Waals surface area contributed by atoms with E-state index in [1.165, 1.54) is 12.1 Å². The molecule has 0 spiro atoms. The number of anilines is 1. The molecule has 37 heavy (non-hydrogen) atoms. The molecule has 11 heteroatoms. The summed E-state index contributed by atoms with van der Waals surface area (Å²) in [5, 5.41) is 5.93. The van der Waals surface area contributed by atoms with Crippen LogP contribution in [0, 0.1) is 0 Å². The predicted octanol–water partition coefficient (Wildman–Crippen LogP) is 6.30.